The fourth-order valence-electron chi connectivity index (χ4n) is 3.02. The molecule has 1 aromatic carbocycles. The predicted molar refractivity (Wildman–Crippen MR) is 99.8 cm³/mol. The predicted octanol–water partition coefficient (Wildman–Crippen LogP) is 4.16. The lowest BCUT2D eigenvalue weighted by molar-refractivity contribution is -0.116. The van der Waals surface area contributed by atoms with Crippen LogP contribution in [0.25, 0.3) is 0 Å². The first kappa shape index (κ1) is 15.1. The van der Waals surface area contributed by atoms with Gasteiger partial charge in [-0.15, -0.1) is 11.3 Å². The fourth-order valence-corrected chi connectivity index (χ4v) is 4.04. The molecule has 24 heavy (non-hydrogen) atoms. The monoisotopic (exact) mass is 354 g/mol. The average Bonchev–Trinajstić information content (AvgIpc) is 3.23. The summed E-state index contributed by atoms with van der Waals surface area (Å²) in [5, 5.41) is 4.73. The molecule has 0 aliphatic carbocycles. The van der Waals surface area contributed by atoms with Crippen LogP contribution in [0.15, 0.2) is 52.3 Å². The number of amides is 1. The van der Waals surface area contributed by atoms with Crippen molar-refractivity contribution in [2.75, 3.05) is 11.1 Å². The van der Waals surface area contributed by atoms with Crippen molar-refractivity contribution in [2.24, 2.45) is 0 Å². The molecular weight excluding hydrogens is 340 g/mol. The number of carbonyl (C=O) groups is 1. The molecule has 4 nitrogen and oxygen atoms in total. The minimum absolute atomic E-state index is 0.0845. The molecule has 1 unspecified atom stereocenters. The number of furan rings is 1. The first-order chi connectivity index (χ1) is 11.6. The van der Waals surface area contributed by atoms with Gasteiger partial charge in [-0.1, -0.05) is 48.6 Å². The number of hydrogen-bond donors (Lipinski definition) is 2. The van der Waals surface area contributed by atoms with Crippen LogP contribution < -0.4 is 11.1 Å². The zero-order valence-corrected chi connectivity index (χ0v) is 14.2. The third-order valence-corrected chi connectivity index (χ3v) is 5.55. The van der Waals surface area contributed by atoms with Crippen molar-refractivity contribution in [1.82, 2.24) is 0 Å². The van der Waals surface area contributed by atoms with Gasteiger partial charge >= 0.3 is 0 Å². The zero-order valence-electron chi connectivity index (χ0n) is 12.6. The highest BCUT2D eigenvalue weighted by Crippen LogP contribution is 2.44. The highest BCUT2D eigenvalue weighted by molar-refractivity contribution is 7.81. The second-order valence-electron chi connectivity index (χ2n) is 5.61. The number of thiocarbonyl (C=S) groups is 1. The van der Waals surface area contributed by atoms with Gasteiger partial charge in [0.05, 0.1) is 10.6 Å². The molecule has 120 valence electrons. The van der Waals surface area contributed by atoms with E-state index in [-0.39, 0.29) is 11.8 Å². The van der Waals surface area contributed by atoms with Crippen LogP contribution in [0.2, 0.25) is 0 Å². The van der Waals surface area contributed by atoms with Gasteiger partial charge in [0.25, 0.3) is 0 Å². The average molecular weight is 354 g/mol. The lowest BCUT2D eigenvalue weighted by Gasteiger charge is -2.22. The smallest absolute Gasteiger partial charge is 0.227 e. The number of carbonyl (C=O) groups excluding carboxylic acids is 1. The standard InChI is InChI=1S/C18H14N2O2S2/c19-15-14-11(10-5-2-1-3-6-10)9-13(21)20-18(14)22-16(15)17(23)12-7-4-8-24-12/h1-8,11H,9,19H2,(H,20,21). The molecule has 3 aromatic rings. The van der Waals surface area contributed by atoms with E-state index < -0.39 is 0 Å². The summed E-state index contributed by atoms with van der Waals surface area (Å²) in [5.74, 6) is 0.657. The van der Waals surface area contributed by atoms with Crippen molar-refractivity contribution < 1.29 is 9.21 Å². The third kappa shape index (κ3) is 2.44. The largest absolute Gasteiger partial charge is 0.437 e. The number of anilines is 2. The Morgan fingerprint density at radius 3 is 2.75 bits per heavy atom. The molecule has 1 aliphatic rings. The Balaban J connectivity index is 1.83. The number of rotatable bonds is 3. The Morgan fingerprint density at radius 2 is 2.04 bits per heavy atom. The van der Waals surface area contributed by atoms with Crippen LogP contribution in [0, 0.1) is 0 Å². The quantitative estimate of drug-likeness (QED) is 0.547. The second kappa shape index (κ2) is 5.89. The Morgan fingerprint density at radius 1 is 1.25 bits per heavy atom. The lowest BCUT2D eigenvalue weighted by Crippen LogP contribution is -2.23. The van der Waals surface area contributed by atoms with E-state index in [1.165, 1.54) is 11.3 Å². The number of nitrogens with two attached hydrogens (primary N) is 1. The summed E-state index contributed by atoms with van der Waals surface area (Å²) in [6.45, 7) is 0. The van der Waals surface area contributed by atoms with Crippen LogP contribution in [0.3, 0.4) is 0 Å². The molecule has 0 spiro atoms. The van der Waals surface area contributed by atoms with Crippen LogP contribution in [0.1, 0.15) is 34.1 Å². The summed E-state index contributed by atoms with van der Waals surface area (Å²) < 4.78 is 5.85. The van der Waals surface area contributed by atoms with Crippen LogP contribution in [-0.2, 0) is 4.79 Å². The third-order valence-electron chi connectivity index (χ3n) is 4.13. The maximum atomic E-state index is 12.1. The number of hydrogen-bond acceptors (Lipinski definition) is 5. The molecule has 1 amide bonds. The summed E-state index contributed by atoms with van der Waals surface area (Å²) in [6, 6.07) is 13.7. The highest BCUT2D eigenvalue weighted by Gasteiger charge is 2.34. The lowest BCUT2D eigenvalue weighted by atomic mass is 9.86. The van der Waals surface area contributed by atoms with Crippen LogP contribution >= 0.6 is 23.6 Å². The Bertz CT molecular complexity index is 914. The van der Waals surface area contributed by atoms with Crippen molar-refractivity contribution in [3.8, 4) is 0 Å². The zero-order chi connectivity index (χ0) is 16.7. The minimum atomic E-state index is -0.126. The molecule has 0 radical (unpaired) electrons. The number of thiophene rings is 1. The molecule has 4 rings (SSSR count). The summed E-state index contributed by atoms with van der Waals surface area (Å²) in [7, 11) is 0. The summed E-state index contributed by atoms with van der Waals surface area (Å²) in [4.78, 5) is 13.6. The van der Waals surface area contributed by atoms with Crippen LogP contribution in [0.5, 0.6) is 0 Å². The Hall–Kier alpha value is -2.44. The molecule has 0 fully saturated rings. The number of fused-ring (bicyclic) bond motifs is 1. The van der Waals surface area contributed by atoms with Crippen LogP contribution in [-0.4, -0.2) is 10.8 Å². The fraction of sp³-hybridized carbons (Fsp3) is 0.111. The Labute approximate surface area is 148 Å². The van der Waals surface area contributed by atoms with E-state index in [4.69, 9.17) is 22.4 Å². The number of benzene rings is 1. The van der Waals surface area contributed by atoms with Gasteiger partial charge in [0, 0.05) is 22.8 Å². The van der Waals surface area contributed by atoms with Crippen molar-refractivity contribution in [3.05, 3.63) is 69.6 Å². The van der Waals surface area contributed by atoms with E-state index in [2.05, 4.69) is 5.32 Å². The van der Waals surface area contributed by atoms with Gasteiger partial charge in [0.15, 0.2) is 5.76 Å². The number of nitrogen functional groups attached to an aromatic ring is 1. The molecule has 6 heteroatoms. The SMILES string of the molecule is Nc1c(C(=S)c2cccs2)oc2c1C(c1ccccc1)CC(=O)N2. The van der Waals surface area contributed by atoms with Gasteiger partial charge < -0.3 is 10.2 Å². The van der Waals surface area contributed by atoms with Crippen LogP contribution in [0.4, 0.5) is 11.6 Å². The maximum Gasteiger partial charge on any atom is 0.227 e. The first-order valence-electron chi connectivity index (χ1n) is 7.50. The van der Waals surface area contributed by atoms with E-state index in [0.717, 1.165) is 16.0 Å². The van der Waals surface area contributed by atoms with E-state index in [0.29, 0.717) is 28.6 Å². The molecule has 2 aromatic heterocycles. The topological polar surface area (TPSA) is 68.3 Å². The van der Waals surface area contributed by atoms with Gasteiger partial charge in [0.2, 0.25) is 11.8 Å². The molecule has 3 N–H and O–H groups in total. The van der Waals surface area contributed by atoms with E-state index in [9.17, 15) is 4.79 Å². The first-order valence-corrected chi connectivity index (χ1v) is 8.79. The maximum absolute atomic E-state index is 12.1. The molecular formula is C18H14N2O2S2. The summed E-state index contributed by atoms with van der Waals surface area (Å²) in [6.07, 6.45) is 0.339. The number of nitrogens with one attached hydrogen (secondary N) is 1. The summed E-state index contributed by atoms with van der Waals surface area (Å²) in [5.41, 5.74) is 8.74. The van der Waals surface area contributed by atoms with Crippen molar-refractivity contribution in [2.45, 2.75) is 12.3 Å². The second-order valence-corrected chi connectivity index (χ2v) is 6.97. The molecule has 1 aliphatic heterocycles. The van der Waals surface area contributed by atoms with Gasteiger partial charge in [-0.05, 0) is 17.0 Å². The van der Waals surface area contributed by atoms with Gasteiger partial charge in [-0.25, -0.2) is 0 Å². The van der Waals surface area contributed by atoms with Crippen molar-refractivity contribution >= 4 is 45.9 Å². The van der Waals surface area contributed by atoms with Gasteiger partial charge in [0.1, 0.15) is 0 Å². The normalized spacial score (nSPS) is 16.5. The molecule has 3 heterocycles. The van der Waals surface area contributed by atoms with Gasteiger partial charge in [-0.3, -0.25) is 10.1 Å². The minimum Gasteiger partial charge on any atom is -0.437 e. The van der Waals surface area contributed by atoms with E-state index in [1.807, 2.05) is 47.8 Å². The molecule has 0 bridgehead atoms. The van der Waals surface area contributed by atoms with Gasteiger partial charge in [-0.2, -0.15) is 0 Å². The highest BCUT2D eigenvalue weighted by atomic mass is 32.1. The molecule has 0 saturated heterocycles. The molecule has 0 saturated carbocycles. The van der Waals surface area contributed by atoms with E-state index >= 15 is 0 Å². The van der Waals surface area contributed by atoms with Crippen molar-refractivity contribution in [3.63, 3.8) is 0 Å². The molecule has 1 atom stereocenters. The van der Waals surface area contributed by atoms with Crippen molar-refractivity contribution in [1.29, 1.82) is 0 Å². The Kier molecular flexibility index (Phi) is 3.70. The van der Waals surface area contributed by atoms with E-state index in [1.54, 1.807) is 0 Å². The summed E-state index contributed by atoms with van der Waals surface area (Å²) >= 11 is 7.06.